The van der Waals surface area contributed by atoms with Crippen molar-refractivity contribution < 1.29 is 23.1 Å². The Morgan fingerprint density at radius 2 is 2.03 bits per heavy atom. The number of hydrogen-bond donors (Lipinski definition) is 0. The molecule has 4 heterocycles. The minimum atomic E-state index is -3.00. The standard InChI is InChI=1S/C18H23F2N7O3/c1-2-27-15(3-4-21-27)17(29)26-12-18(19,20)9-13(26)10-25-11-14(22-23-25)16(28)24-5-7-30-8-6-24/h3-4,11,13H,2,5-10,12H2,1H3/t13-/m0/s1. The summed E-state index contributed by atoms with van der Waals surface area (Å²) in [5, 5.41) is 11.9. The number of amides is 2. The Balaban J connectivity index is 1.49. The molecular formula is C18H23F2N7O3. The van der Waals surface area contributed by atoms with Crippen LogP contribution in [0.4, 0.5) is 8.78 Å². The number of likely N-dealkylation sites (tertiary alicyclic amines) is 1. The van der Waals surface area contributed by atoms with Gasteiger partial charge in [0.15, 0.2) is 5.69 Å². The van der Waals surface area contributed by atoms with E-state index in [0.29, 0.717) is 32.8 Å². The first-order valence-electron chi connectivity index (χ1n) is 9.86. The first kappa shape index (κ1) is 20.4. The van der Waals surface area contributed by atoms with Gasteiger partial charge in [-0.25, -0.2) is 13.5 Å². The SMILES string of the molecule is CCn1nccc1C(=O)N1CC(F)(F)C[C@H]1Cn1cc(C(=O)N2CCOCC2)nn1. The fourth-order valence-corrected chi connectivity index (χ4v) is 3.84. The molecule has 0 aliphatic carbocycles. The molecule has 0 saturated carbocycles. The topological polar surface area (TPSA) is 98.4 Å². The molecule has 1 atom stereocenters. The zero-order valence-electron chi connectivity index (χ0n) is 16.6. The molecule has 2 aliphatic heterocycles. The quantitative estimate of drug-likeness (QED) is 0.695. The minimum Gasteiger partial charge on any atom is -0.378 e. The van der Waals surface area contributed by atoms with Crippen molar-refractivity contribution in [1.29, 1.82) is 0 Å². The van der Waals surface area contributed by atoms with Gasteiger partial charge in [0.05, 0.1) is 38.5 Å². The van der Waals surface area contributed by atoms with Gasteiger partial charge in [0.25, 0.3) is 17.7 Å². The lowest BCUT2D eigenvalue weighted by Gasteiger charge is -2.25. The van der Waals surface area contributed by atoms with Gasteiger partial charge in [-0.3, -0.25) is 14.3 Å². The molecule has 0 unspecified atom stereocenters. The molecule has 0 spiro atoms. The van der Waals surface area contributed by atoms with E-state index in [-0.39, 0.29) is 23.8 Å². The second-order valence-corrected chi connectivity index (χ2v) is 7.41. The molecule has 2 fully saturated rings. The predicted octanol–water partition coefficient (Wildman–Crippen LogP) is 0.517. The van der Waals surface area contributed by atoms with Crippen LogP contribution in [-0.2, 0) is 17.8 Å². The predicted molar refractivity (Wildman–Crippen MR) is 99.0 cm³/mol. The highest BCUT2D eigenvalue weighted by molar-refractivity contribution is 5.93. The van der Waals surface area contributed by atoms with Crippen molar-refractivity contribution in [2.24, 2.45) is 0 Å². The molecule has 0 aromatic carbocycles. The van der Waals surface area contributed by atoms with Crippen LogP contribution < -0.4 is 0 Å². The summed E-state index contributed by atoms with van der Waals surface area (Å²) in [6.07, 6.45) is 2.43. The average Bonchev–Trinajstić information content (AvgIpc) is 3.46. The number of alkyl halides is 2. The van der Waals surface area contributed by atoms with Gasteiger partial charge in [-0.05, 0) is 13.0 Å². The average molecular weight is 423 g/mol. The van der Waals surface area contributed by atoms with Crippen molar-refractivity contribution in [3.8, 4) is 0 Å². The molecule has 0 bridgehead atoms. The van der Waals surface area contributed by atoms with E-state index >= 15 is 0 Å². The molecular weight excluding hydrogens is 400 g/mol. The van der Waals surface area contributed by atoms with Crippen molar-refractivity contribution >= 4 is 11.8 Å². The third-order valence-corrected chi connectivity index (χ3v) is 5.33. The van der Waals surface area contributed by atoms with Crippen molar-refractivity contribution in [2.75, 3.05) is 32.8 Å². The van der Waals surface area contributed by atoms with E-state index in [4.69, 9.17) is 4.74 Å². The third-order valence-electron chi connectivity index (χ3n) is 5.33. The lowest BCUT2D eigenvalue weighted by Crippen LogP contribution is -2.41. The maximum atomic E-state index is 14.2. The highest BCUT2D eigenvalue weighted by Crippen LogP contribution is 2.33. The number of ether oxygens (including phenoxy) is 1. The van der Waals surface area contributed by atoms with Crippen molar-refractivity contribution in [2.45, 2.75) is 38.4 Å². The summed E-state index contributed by atoms with van der Waals surface area (Å²) < 4.78 is 36.4. The summed E-state index contributed by atoms with van der Waals surface area (Å²) in [4.78, 5) is 28.2. The smallest absolute Gasteiger partial charge is 0.276 e. The molecule has 2 saturated heterocycles. The highest BCUT2D eigenvalue weighted by Gasteiger charge is 2.47. The molecule has 0 N–H and O–H groups in total. The Hall–Kier alpha value is -2.89. The minimum absolute atomic E-state index is 0.0188. The van der Waals surface area contributed by atoms with E-state index in [2.05, 4.69) is 15.4 Å². The molecule has 2 aromatic rings. The summed E-state index contributed by atoms with van der Waals surface area (Å²) in [7, 11) is 0. The van der Waals surface area contributed by atoms with E-state index in [1.165, 1.54) is 27.8 Å². The largest absolute Gasteiger partial charge is 0.378 e. The molecule has 12 heteroatoms. The van der Waals surface area contributed by atoms with Crippen LogP contribution in [0.2, 0.25) is 0 Å². The monoisotopic (exact) mass is 423 g/mol. The first-order valence-corrected chi connectivity index (χ1v) is 9.86. The van der Waals surface area contributed by atoms with Crippen LogP contribution in [0.3, 0.4) is 0 Å². The fraction of sp³-hybridized carbons (Fsp3) is 0.611. The number of halogens is 2. The van der Waals surface area contributed by atoms with E-state index in [1.54, 1.807) is 4.90 Å². The normalized spacial score (nSPS) is 21.2. The molecule has 4 rings (SSSR count). The number of carbonyl (C=O) groups is 2. The fourth-order valence-electron chi connectivity index (χ4n) is 3.84. The molecule has 2 amide bonds. The Bertz CT molecular complexity index is 923. The van der Waals surface area contributed by atoms with Gasteiger partial charge in [-0.2, -0.15) is 5.10 Å². The number of nitrogens with zero attached hydrogens (tertiary/aromatic N) is 7. The Morgan fingerprint density at radius 1 is 1.27 bits per heavy atom. The number of rotatable bonds is 5. The number of morpholine rings is 1. The van der Waals surface area contributed by atoms with Gasteiger partial charge in [-0.15, -0.1) is 5.10 Å². The summed E-state index contributed by atoms with van der Waals surface area (Å²) in [5.41, 5.74) is 0.408. The van der Waals surface area contributed by atoms with Crippen LogP contribution >= 0.6 is 0 Å². The lowest BCUT2D eigenvalue weighted by atomic mass is 10.2. The summed E-state index contributed by atoms with van der Waals surface area (Å²) >= 11 is 0. The molecule has 30 heavy (non-hydrogen) atoms. The zero-order chi connectivity index (χ0) is 21.3. The molecule has 0 radical (unpaired) electrons. The second-order valence-electron chi connectivity index (χ2n) is 7.41. The number of hydrogen-bond acceptors (Lipinski definition) is 6. The highest BCUT2D eigenvalue weighted by atomic mass is 19.3. The Kier molecular flexibility index (Phi) is 5.50. The van der Waals surface area contributed by atoms with Gasteiger partial charge < -0.3 is 14.5 Å². The zero-order valence-corrected chi connectivity index (χ0v) is 16.6. The molecule has 2 aliphatic rings. The van der Waals surface area contributed by atoms with Crippen LogP contribution in [0.5, 0.6) is 0 Å². The third kappa shape index (κ3) is 4.04. The van der Waals surface area contributed by atoms with E-state index in [1.807, 2.05) is 6.92 Å². The number of aryl methyl sites for hydroxylation is 1. The van der Waals surface area contributed by atoms with Gasteiger partial charge in [-0.1, -0.05) is 5.21 Å². The molecule has 162 valence electrons. The van der Waals surface area contributed by atoms with Gasteiger partial charge >= 0.3 is 0 Å². The maximum absolute atomic E-state index is 14.2. The van der Waals surface area contributed by atoms with Crippen LogP contribution in [0.25, 0.3) is 0 Å². The van der Waals surface area contributed by atoms with Crippen LogP contribution in [0, 0.1) is 0 Å². The molecule has 2 aromatic heterocycles. The van der Waals surface area contributed by atoms with E-state index in [9.17, 15) is 18.4 Å². The van der Waals surface area contributed by atoms with Crippen LogP contribution in [-0.4, -0.2) is 91.2 Å². The summed E-state index contributed by atoms with van der Waals surface area (Å²) in [6.45, 7) is 3.48. The first-order chi connectivity index (χ1) is 14.4. The Labute approximate surface area is 171 Å². The van der Waals surface area contributed by atoms with E-state index < -0.39 is 30.8 Å². The summed E-state index contributed by atoms with van der Waals surface area (Å²) in [5.74, 6) is -3.77. The lowest BCUT2D eigenvalue weighted by molar-refractivity contribution is 0.0116. The van der Waals surface area contributed by atoms with Crippen molar-refractivity contribution in [3.63, 3.8) is 0 Å². The van der Waals surface area contributed by atoms with Crippen LogP contribution in [0.15, 0.2) is 18.5 Å². The second kappa shape index (κ2) is 8.09. The Morgan fingerprint density at radius 3 is 2.77 bits per heavy atom. The van der Waals surface area contributed by atoms with Gasteiger partial charge in [0.1, 0.15) is 5.69 Å². The van der Waals surface area contributed by atoms with Gasteiger partial charge in [0.2, 0.25) is 0 Å². The van der Waals surface area contributed by atoms with Crippen LogP contribution in [0.1, 0.15) is 34.3 Å². The molecule has 10 nitrogen and oxygen atoms in total. The van der Waals surface area contributed by atoms with Crippen molar-refractivity contribution in [3.05, 3.63) is 29.8 Å². The van der Waals surface area contributed by atoms with Gasteiger partial charge in [0, 0.05) is 32.3 Å². The number of carbonyl (C=O) groups excluding carboxylic acids is 2. The maximum Gasteiger partial charge on any atom is 0.276 e. The van der Waals surface area contributed by atoms with Crippen molar-refractivity contribution in [1.82, 2.24) is 34.6 Å². The summed E-state index contributed by atoms with van der Waals surface area (Å²) in [6, 6.07) is 0.745. The number of aromatic nitrogens is 5. The van der Waals surface area contributed by atoms with E-state index in [0.717, 1.165) is 4.90 Å².